The molecule has 2 fully saturated rings. The molecule has 0 N–H and O–H groups in total. The van der Waals surface area contributed by atoms with Gasteiger partial charge in [-0.25, -0.2) is 0 Å². The summed E-state index contributed by atoms with van der Waals surface area (Å²) in [4.78, 5) is 0. The lowest BCUT2D eigenvalue weighted by molar-refractivity contribution is -0.0504. The summed E-state index contributed by atoms with van der Waals surface area (Å²) in [5, 5.41) is 0. The fourth-order valence-electron chi connectivity index (χ4n) is 10.4. The molecule has 1 saturated carbocycles. The number of hydrogen-bond donors (Lipinski definition) is 0. The van der Waals surface area contributed by atoms with Crippen LogP contribution in [-0.2, 0) is 18.9 Å². The van der Waals surface area contributed by atoms with Crippen LogP contribution in [0, 0.1) is 28.1 Å². The van der Waals surface area contributed by atoms with Crippen LogP contribution in [0.5, 0.6) is 0 Å². The topological polar surface area (TPSA) is 40.2 Å². The minimum atomic E-state index is -0.171. The molecule has 54 heavy (non-hydrogen) atoms. The average Bonchev–Trinajstić information content (AvgIpc) is 4.14. The van der Waals surface area contributed by atoms with E-state index in [1.54, 1.807) is 11.1 Å². The van der Waals surface area contributed by atoms with E-state index < -0.39 is 0 Å². The first-order valence-electron chi connectivity index (χ1n) is 22.3. The van der Waals surface area contributed by atoms with E-state index in [0.717, 1.165) is 94.4 Å². The number of ether oxygens (including phenoxy) is 4. The highest BCUT2D eigenvalue weighted by Crippen LogP contribution is 2.54. The van der Waals surface area contributed by atoms with Crippen LogP contribution in [0.15, 0.2) is 82.4 Å². The molecule has 5 aliphatic carbocycles. The van der Waals surface area contributed by atoms with E-state index in [1.165, 1.54) is 68.1 Å². The van der Waals surface area contributed by atoms with Gasteiger partial charge in [-0.3, -0.25) is 0 Å². The maximum atomic E-state index is 6.90. The van der Waals surface area contributed by atoms with Crippen LogP contribution in [0.1, 0.15) is 165 Å². The second-order valence-electron chi connectivity index (χ2n) is 19.0. The molecular weight excluding hydrogens is 665 g/mol. The highest BCUT2D eigenvalue weighted by molar-refractivity contribution is 5.37. The van der Waals surface area contributed by atoms with Crippen LogP contribution in [0.25, 0.3) is 0 Å². The SMILES string of the molecule is C=C1CC1CC(CC)(CC)C1=CCC(C(C)(C)C2=CCC(OCCC(CC)(CC)OC3=CC=C(C(C)(C)C4=CC=C(OCC5CO5)CC4)CC3)CC2)CC1. The monoisotopic (exact) mass is 741 g/mol. The molecule has 4 atom stereocenters. The lowest BCUT2D eigenvalue weighted by atomic mass is 9.62. The van der Waals surface area contributed by atoms with Crippen molar-refractivity contribution in [2.24, 2.45) is 28.1 Å². The van der Waals surface area contributed by atoms with Crippen molar-refractivity contribution in [1.82, 2.24) is 0 Å². The Hall–Kier alpha value is -2.30. The summed E-state index contributed by atoms with van der Waals surface area (Å²) in [5.74, 6) is 3.73. The van der Waals surface area contributed by atoms with Crippen LogP contribution in [-0.4, -0.2) is 37.6 Å². The summed E-state index contributed by atoms with van der Waals surface area (Å²) >= 11 is 0. The van der Waals surface area contributed by atoms with Gasteiger partial charge in [0.25, 0.3) is 0 Å². The summed E-state index contributed by atoms with van der Waals surface area (Å²) in [5.41, 5.74) is 8.42. The van der Waals surface area contributed by atoms with Crippen molar-refractivity contribution in [3.05, 3.63) is 82.4 Å². The third-order valence-electron chi connectivity index (χ3n) is 15.5. The zero-order valence-electron chi connectivity index (χ0n) is 35.8. The van der Waals surface area contributed by atoms with Crippen molar-refractivity contribution in [1.29, 1.82) is 0 Å². The molecule has 4 unspecified atom stereocenters. The van der Waals surface area contributed by atoms with Crippen LogP contribution in [0.3, 0.4) is 0 Å². The molecule has 300 valence electrons. The van der Waals surface area contributed by atoms with Crippen LogP contribution in [0.4, 0.5) is 0 Å². The van der Waals surface area contributed by atoms with Crippen molar-refractivity contribution < 1.29 is 18.9 Å². The third-order valence-corrected chi connectivity index (χ3v) is 15.5. The zero-order chi connectivity index (χ0) is 38.6. The van der Waals surface area contributed by atoms with Gasteiger partial charge in [0.2, 0.25) is 0 Å². The number of epoxide rings is 1. The van der Waals surface area contributed by atoms with E-state index in [9.17, 15) is 0 Å². The third kappa shape index (κ3) is 9.62. The Morgan fingerprint density at radius 1 is 0.741 bits per heavy atom. The quantitative estimate of drug-likeness (QED) is 0.0920. The fourth-order valence-corrected chi connectivity index (χ4v) is 10.4. The first-order chi connectivity index (χ1) is 25.9. The van der Waals surface area contributed by atoms with Gasteiger partial charge < -0.3 is 18.9 Å². The second kappa shape index (κ2) is 17.5. The van der Waals surface area contributed by atoms with E-state index in [1.807, 2.05) is 0 Å². The Kier molecular flexibility index (Phi) is 13.4. The smallest absolute Gasteiger partial charge is 0.116 e. The van der Waals surface area contributed by atoms with Gasteiger partial charge >= 0.3 is 0 Å². The molecule has 0 bridgehead atoms. The van der Waals surface area contributed by atoms with Crippen molar-refractivity contribution >= 4 is 0 Å². The van der Waals surface area contributed by atoms with Crippen LogP contribution >= 0.6 is 0 Å². The van der Waals surface area contributed by atoms with Gasteiger partial charge in [-0.15, -0.1) is 0 Å². The van der Waals surface area contributed by atoms with E-state index >= 15 is 0 Å². The maximum absolute atomic E-state index is 6.90. The van der Waals surface area contributed by atoms with Gasteiger partial charge in [0.15, 0.2) is 0 Å². The van der Waals surface area contributed by atoms with E-state index in [-0.39, 0.29) is 16.4 Å². The fraction of sp³-hybridized carbons (Fsp3) is 0.720. The Morgan fingerprint density at radius 2 is 1.37 bits per heavy atom. The lowest BCUT2D eigenvalue weighted by Gasteiger charge is -2.44. The molecule has 1 aliphatic heterocycles. The predicted molar refractivity (Wildman–Crippen MR) is 225 cm³/mol. The molecule has 0 radical (unpaired) electrons. The summed E-state index contributed by atoms with van der Waals surface area (Å²) < 4.78 is 24.8. The largest absolute Gasteiger partial charge is 0.495 e. The van der Waals surface area contributed by atoms with Gasteiger partial charge in [0, 0.05) is 24.7 Å². The Morgan fingerprint density at radius 3 is 1.87 bits per heavy atom. The molecule has 6 rings (SSSR count). The van der Waals surface area contributed by atoms with Gasteiger partial charge in [-0.05, 0) is 125 Å². The highest BCUT2D eigenvalue weighted by Gasteiger charge is 2.42. The summed E-state index contributed by atoms with van der Waals surface area (Å²) in [6.07, 6.45) is 34.3. The van der Waals surface area contributed by atoms with E-state index in [4.69, 9.17) is 18.9 Å². The van der Waals surface area contributed by atoms with Crippen LogP contribution in [0.2, 0.25) is 0 Å². The Bertz CT molecular complexity index is 1510. The van der Waals surface area contributed by atoms with Crippen molar-refractivity contribution in [2.75, 3.05) is 19.8 Å². The van der Waals surface area contributed by atoms with E-state index in [2.05, 4.69) is 98.4 Å². The molecule has 0 aromatic rings. The Labute approximate surface area is 330 Å². The molecule has 6 aliphatic rings. The summed E-state index contributed by atoms with van der Waals surface area (Å²) in [6.45, 7) is 25.8. The number of rotatable bonds is 20. The maximum Gasteiger partial charge on any atom is 0.116 e. The van der Waals surface area contributed by atoms with Crippen molar-refractivity contribution in [2.45, 2.75) is 182 Å². The molecule has 0 aromatic carbocycles. The normalized spacial score (nSPS) is 26.6. The molecule has 0 aromatic heterocycles. The molecule has 4 heteroatoms. The molecule has 1 saturated heterocycles. The second-order valence-corrected chi connectivity index (χ2v) is 19.0. The minimum absolute atomic E-state index is 0.0344. The number of hydrogen-bond acceptors (Lipinski definition) is 4. The average molecular weight is 741 g/mol. The molecule has 1 heterocycles. The van der Waals surface area contributed by atoms with Crippen LogP contribution < -0.4 is 0 Å². The Balaban J connectivity index is 0.976. The van der Waals surface area contributed by atoms with Gasteiger partial charge in [0.05, 0.1) is 30.8 Å². The van der Waals surface area contributed by atoms with Crippen molar-refractivity contribution in [3.8, 4) is 0 Å². The van der Waals surface area contributed by atoms with Gasteiger partial charge in [0.1, 0.15) is 18.3 Å². The zero-order valence-corrected chi connectivity index (χ0v) is 35.8. The number of allylic oxidation sites excluding steroid dienone is 12. The molecule has 0 amide bonds. The van der Waals surface area contributed by atoms with Gasteiger partial charge in [-0.1, -0.05) is 114 Å². The summed E-state index contributed by atoms with van der Waals surface area (Å²) in [7, 11) is 0. The van der Waals surface area contributed by atoms with Crippen molar-refractivity contribution in [3.63, 3.8) is 0 Å². The van der Waals surface area contributed by atoms with E-state index in [0.29, 0.717) is 24.2 Å². The first kappa shape index (κ1) is 41.3. The minimum Gasteiger partial charge on any atom is -0.495 e. The van der Waals surface area contributed by atoms with Gasteiger partial charge in [-0.2, -0.15) is 0 Å². The predicted octanol–water partition coefficient (Wildman–Crippen LogP) is 13.6. The lowest BCUT2D eigenvalue weighted by Crippen LogP contribution is -2.34. The summed E-state index contributed by atoms with van der Waals surface area (Å²) in [6, 6.07) is 0. The molecular formula is C50H76O4. The standard InChI is InChI=1S/C50H76O4/c1-10-49(11-2,33-37-32-36(37)5)42-16-14-38(15-17-42)47(6,7)39-18-24-43(25-19-39)51-31-30-50(12-3,13-4)54-45-28-22-41(23-29-45)48(8,9)40-20-26-44(27-21-40)52-34-46-35-53-46/h16,18,20,22,26,28,37-38,43,46H,5,10-15,17,19,21,23-25,27,29-35H2,1-4,6-9H3. The molecule has 4 nitrogen and oxygen atoms in total. The molecule has 0 spiro atoms. The first-order valence-corrected chi connectivity index (χ1v) is 22.3. The highest BCUT2D eigenvalue weighted by atomic mass is 16.6.